The Hall–Kier alpha value is -0.900. The summed E-state index contributed by atoms with van der Waals surface area (Å²) in [4.78, 5) is 0. The molecule has 3 nitrogen and oxygen atoms in total. The van der Waals surface area contributed by atoms with Crippen LogP contribution in [0.5, 0.6) is 0 Å². The Morgan fingerprint density at radius 2 is 2.00 bits per heavy atom. The van der Waals surface area contributed by atoms with E-state index in [1.165, 1.54) is 50.5 Å². The average Bonchev–Trinajstić information content (AvgIpc) is 3.06. The van der Waals surface area contributed by atoms with Crippen LogP contribution in [0.4, 0.5) is 0 Å². The Morgan fingerprint density at radius 1 is 1.23 bits per heavy atom. The Labute approximate surface area is 186 Å². The summed E-state index contributed by atoms with van der Waals surface area (Å²) >= 11 is 0. The smallest absolute Gasteiger partial charge is 0.211 e. The highest BCUT2D eigenvalue weighted by atomic mass is 16.5. The second kappa shape index (κ2) is 9.30. The molecule has 3 heteroatoms. The van der Waals surface area contributed by atoms with Gasteiger partial charge in [0.2, 0.25) is 1.43 Å². The largest absolute Gasteiger partial charge is 0.387 e. The minimum atomic E-state index is -2.40. The maximum atomic E-state index is 10.1. The molecule has 0 spiro atoms. The van der Waals surface area contributed by atoms with E-state index in [1.807, 2.05) is 6.08 Å². The number of fused-ring (bicyclic) bond motifs is 1. The van der Waals surface area contributed by atoms with Crippen LogP contribution in [0.1, 0.15) is 93.3 Å². The van der Waals surface area contributed by atoms with Crippen molar-refractivity contribution in [2.24, 2.45) is 29.1 Å². The van der Waals surface area contributed by atoms with Gasteiger partial charge < -0.3 is 15.3 Å². The zero-order valence-corrected chi connectivity index (χ0v) is 19.5. The molecule has 0 aromatic heterocycles. The third kappa shape index (κ3) is 4.95. The summed E-state index contributed by atoms with van der Waals surface area (Å²) in [6, 6.07) is 0. The van der Waals surface area contributed by atoms with Crippen molar-refractivity contribution in [1.82, 2.24) is 0 Å². The molecule has 30 heavy (non-hydrogen) atoms. The average molecular weight is 419 g/mol. The molecule has 0 aliphatic heterocycles. The van der Waals surface area contributed by atoms with Crippen LogP contribution in [0.2, 0.25) is 0 Å². The molecule has 0 heterocycles. The van der Waals surface area contributed by atoms with Crippen LogP contribution in [0.25, 0.3) is 0 Å². The molecule has 0 aromatic carbocycles. The van der Waals surface area contributed by atoms with Crippen molar-refractivity contribution in [3.8, 4) is 0 Å². The lowest BCUT2D eigenvalue weighted by Gasteiger charge is -2.44. The van der Waals surface area contributed by atoms with Gasteiger partial charge in [0.1, 0.15) is 6.08 Å². The summed E-state index contributed by atoms with van der Waals surface area (Å²) in [5.74, 6) is 0.531. The lowest BCUT2D eigenvalue weighted by molar-refractivity contribution is -0.227. The van der Waals surface area contributed by atoms with Gasteiger partial charge in [-0.15, -0.1) is 0 Å². The first kappa shape index (κ1) is 21.0. The minimum Gasteiger partial charge on any atom is -0.387 e. The highest BCUT2D eigenvalue weighted by molar-refractivity contribution is 5.37. The van der Waals surface area contributed by atoms with E-state index in [0.717, 1.165) is 29.7 Å². The summed E-state index contributed by atoms with van der Waals surface area (Å²) in [6.07, 6.45) is 12.1. The normalized spacial score (nSPS) is 41.1. The second-order valence-corrected chi connectivity index (χ2v) is 11.0. The van der Waals surface area contributed by atoms with Crippen LogP contribution in [-0.4, -0.2) is 28.6 Å². The fourth-order valence-electron chi connectivity index (χ4n) is 6.60. The van der Waals surface area contributed by atoms with Crippen LogP contribution in [0.15, 0.2) is 35.5 Å². The van der Waals surface area contributed by atoms with Gasteiger partial charge in [-0.2, -0.15) is 0 Å². The van der Waals surface area contributed by atoms with Crippen molar-refractivity contribution < 1.29 is 16.7 Å². The van der Waals surface area contributed by atoms with E-state index in [2.05, 4.69) is 45.5 Å². The van der Waals surface area contributed by atoms with Crippen LogP contribution in [0, 0.1) is 29.1 Å². The summed E-state index contributed by atoms with van der Waals surface area (Å²) in [5.41, 5.74) is 3.23. The van der Waals surface area contributed by atoms with E-state index < -0.39 is 11.9 Å². The van der Waals surface area contributed by atoms with Gasteiger partial charge in [0.05, 0.1) is 1.37 Å². The molecule has 3 N–H and O–H groups in total. The molecule has 1 unspecified atom stereocenters. The van der Waals surface area contributed by atoms with Crippen molar-refractivity contribution in [3.05, 3.63) is 35.5 Å². The monoisotopic (exact) mass is 418 g/mol. The molecule has 170 valence electrons. The lowest BCUT2D eigenvalue weighted by Crippen LogP contribution is -2.45. The molecular formula is C27H44O3. The molecule has 0 amide bonds. The van der Waals surface area contributed by atoms with Gasteiger partial charge in [-0.1, -0.05) is 71.3 Å². The summed E-state index contributed by atoms with van der Waals surface area (Å²) < 4.78 is 15.4. The molecule has 0 radical (unpaired) electrons. The first-order chi connectivity index (χ1) is 14.9. The molecular weight excluding hydrogens is 372 g/mol. The molecule has 3 saturated carbocycles. The predicted molar refractivity (Wildman–Crippen MR) is 124 cm³/mol. The summed E-state index contributed by atoms with van der Waals surface area (Å²) in [6.45, 7) is 13.6. The maximum absolute atomic E-state index is 10.1. The molecule has 0 aromatic rings. The Morgan fingerprint density at radius 3 is 2.70 bits per heavy atom. The van der Waals surface area contributed by atoms with Crippen LogP contribution in [-0.2, 0) is 0 Å². The lowest BCUT2D eigenvalue weighted by atomic mass is 9.60. The SMILES string of the molecule is [2H]O[C@]1([2H])CC(=CC=C2CCC[C@@]3(C)C2CC[C@@H]3[C@H](C)CCCC(C)C)C(=C)CC1(O)O. The van der Waals surface area contributed by atoms with E-state index in [9.17, 15) is 10.2 Å². The quantitative estimate of drug-likeness (QED) is 0.450. The van der Waals surface area contributed by atoms with Gasteiger partial charge in [0.25, 0.3) is 0 Å². The molecule has 5 atom stereocenters. The van der Waals surface area contributed by atoms with Gasteiger partial charge in [0, 0.05) is 12.8 Å². The number of hydrogen-bond donors (Lipinski definition) is 3. The highest BCUT2D eigenvalue weighted by Crippen LogP contribution is 2.60. The molecule has 3 fully saturated rings. The molecule has 3 aliphatic rings. The van der Waals surface area contributed by atoms with Crippen molar-refractivity contribution >= 4 is 0 Å². The van der Waals surface area contributed by atoms with E-state index >= 15 is 0 Å². The fraction of sp³-hybridized carbons (Fsp3) is 0.778. The van der Waals surface area contributed by atoms with E-state index in [4.69, 9.17) is 2.80 Å². The van der Waals surface area contributed by atoms with Gasteiger partial charge in [-0.3, -0.25) is 0 Å². The standard InChI is InChI=1S/C27H44O3/c1-18(2)8-6-9-19(3)23-13-14-24-21(10-7-15-26(23,24)5)11-12-22-16-25(28)27(29,30)17-20(22)4/h11-12,18-19,23-25,28-30H,4,6-10,13-17H2,1-3,5H3/t19-,23-,24?,25-,26-/m1/s1/i25D,28D. The highest BCUT2D eigenvalue weighted by Gasteiger charge is 2.50. The van der Waals surface area contributed by atoms with E-state index in [0.29, 0.717) is 16.9 Å². The molecule has 3 aliphatic carbocycles. The zero-order valence-electron chi connectivity index (χ0n) is 21.5. The Balaban J connectivity index is 1.75. The predicted octanol–water partition coefficient (Wildman–Crippen LogP) is 5.91. The first-order valence-corrected chi connectivity index (χ1v) is 12.1. The van der Waals surface area contributed by atoms with E-state index in [1.54, 1.807) is 0 Å². The molecule has 0 bridgehead atoms. The van der Waals surface area contributed by atoms with Gasteiger partial charge in [-0.05, 0) is 72.3 Å². The summed E-state index contributed by atoms with van der Waals surface area (Å²) in [7, 11) is 0. The topological polar surface area (TPSA) is 60.7 Å². The number of allylic oxidation sites excluding steroid dienone is 3. The second-order valence-electron chi connectivity index (χ2n) is 11.0. The minimum absolute atomic E-state index is 0.0520. The van der Waals surface area contributed by atoms with Crippen LogP contribution in [0.3, 0.4) is 0 Å². The maximum Gasteiger partial charge on any atom is 0.211 e. The number of rotatable bonds is 7. The van der Waals surface area contributed by atoms with Gasteiger partial charge >= 0.3 is 0 Å². The van der Waals surface area contributed by atoms with Crippen LogP contribution < -0.4 is 0 Å². The summed E-state index contributed by atoms with van der Waals surface area (Å²) in [5, 5.41) is 24.7. The van der Waals surface area contributed by atoms with Crippen LogP contribution >= 0.6 is 0 Å². The van der Waals surface area contributed by atoms with Crippen molar-refractivity contribution in [2.75, 3.05) is 0 Å². The van der Waals surface area contributed by atoms with Crippen molar-refractivity contribution in [3.63, 3.8) is 0 Å². The van der Waals surface area contributed by atoms with Gasteiger partial charge in [-0.25, -0.2) is 0 Å². The number of hydrogen-bond acceptors (Lipinski definition) is 3. The number of aliphatic hydroxyl groups is 3. The Kier molecular flexibility index (Phi) is 6.50. The molecule has 0 saturated heterocycles. The van der Waals surface area contributed by atoms with Gasteiger partial charge in [0.15, 0.2) is 5.79 Å². The van der Waals surface area contributed by atoms with Crippen molar-refractivity contribution in [2.45, 2.75) is 104 Å². The Bertz CT molecular complexity index is 756. The van der Waals surface area contributed by atoms with Crippen molar-refractivity contribution in [1.29, 1.82) is 1.43 Å². The third-order valence-electron chi connectivity index (χ3n) is 8.38. The fourth-order valence-corrected chi connectivity index (χ4v) is 6.60. The first-order valence-electron chi connectivity index (χ1n) is 13.0. The molecule has 3 rings (SSSR count). The zero-order chi connectivity index (χ0) is 23.7. The van der Waals surface area contributed by atoms with E-state index in [-0.39, 0.29) is 12.8 Å². The third-order valence-corrected chi connectivity index (χ3v) is 8.38.